The third kappa shape index (κ3) is 15.0. The van der Waals surface area contributed by atoms with Crippen LogP contribution in [0.1, 0.15) is 27.2 Å². The first-order valence-corrected chi connectivity index (χ1v) is 6.42. The van der Waals surface area contributed by atoms with Gasteiger partial charge in [0.05, 0.1) is 6.61 Å². The molecule has 0 radical (unpaired) electrons. The van der Waals surface area contributed by atoms with Gasteiger partial charge in [0.1, 0.15) is 12.2 Å². The van der Waals surface area contributed by atoms with Crippen molar-refractivity contribution in [2.24, 2.45) is 0 Å². The van der Waals surface area contributed by atoms with Crippen LogP contribution in [0.25, 0.3) is 0 Å². The minimum absolute atomic E-state index is 0.000988. The van der Waals surface area contributed by atoms with Crippen molar-refractivity contribution in [3.05, 3.63) is 0 Å². The van der Waals surface area contributed by atoms with Gasteiger partial charge >= 0.3 is 12.3 Å². The molecule has 0 aromatic rings. The Kier molecular flexibility index (Phi) is 8.56. The van der Waals surface area contributed by atoms with Crippen molar-refractivity contribution in [1.29, 1.82) is 0 Å². The van der Waals surface area contributed by atoms with Crippen molar-refractivity contribution in [3.63, 3.8) is 0 Å². The first-order chi connectivity index (χ1) is 9.10. The Hall–Kier alpha value is -1.02. The number of amides is 1. The molecule has 0 saturated carbocycles. The normalized spacial score (nSPS) is 12.3. The molecule has 0 heterocycles. The van der Waals surface area contributed by atoms with Crippen molar-refractivity contribution >= 4 is 6.09 Å². The topological polar surface area (TPSA) is 59.6 Å². The summed E-state index contributed by atoms with van der Waals surface area (Å²) >= 11 is 0. The molecule has 0 aliphatic carbocycles. The summed E-state index contributed by atoms with van der Waals surface area (Å²) in [5.74, 6) is 0. The minimum Gasteiger partial charge on any atom is -0.444 e. The molecule has 0 spiro atoms. The van der Waals surface area contributed by atoms with Gasteiger partial charge in [-0.1, -0.05) is 0 Å². The third-order valence-corrected chi connectivity index (χ3v) is 1.89. The fourth-order valence-electron chi connectivity index (χ4n) is 1.18. The molecule has 0 unspecified atom stereocenters. The lowest BCUT2D eigenvalue weighted by atomic mass is 10.2. The molecule has 0 saturated heterocycles. The van der Waals surface area contributed by atoms with Gasteiger partial charge < -0.3 is 20.1 Å². The highest BCUT2D eigenvalue weighted by molar-refractivity contribution is 5.67. The molecular formula is C12H23F3N2O3. The molecule has 0 rings (SSSR count). The number of hydrogen-bond acceptors (Lipinski definition) is 4. The Morgan fingerprint density at radius 1 is 1.10 bits per heavy atom. The van der Waals surface area contributed by atoms with Gasteiger partial charge in [-0.2, -0.15) is 13.2 Å². The summed E-state index contributed by atoms with van der Waals surface area (Å²) in [6, 6.07) is 0. The zero-order valence-electron chi connectivity index (χ0n) is 12.1. The second-order valence-electron chi connectivity index (χ2n) is 5.20. The van der Waals surface area contributed by atoms with E-state index in [2.05, 4.69) is 15.4 Å². The predicted molar refractivity (Wildman–Crippen MR) is 68.6 cm³/mol. The van der Waals surface area contributed by atoms with E-state index >= 15 is 0 Å². The number of carbonyl (C=O) groups excluding carboxylic acids is 1. The van der Waals surface area contributed by atoms with Crippen LogP contribution in [0.3, 0.4) is 0 Å². The van der Waals surface area contributed by atoms with E-state index in [9.17, 15) is 18.0 Å². The van der Waals surface area contributed by atoms with E-state index in [1.54, 1.807) is 20.8 Å². The first kappa shape index (κ1) is 19.0. The van der Waals surface area contributed by atoms with E-state index in [0.29, 0.717) is 26.1 Å². The fourth-order valence-corrected chi connectivity index (χ4v) is 1.18. The summed E-state index contributed by atoms with van der Waals surface area (Å²) in [4.78, 5) is 11.2. The first-order valence-electron chi connectivity index (χ1n) is 6.42. The van der Waals surface area contributed by atoms with Gasteiger partial charge in [0.2, 0.25) is 0 Å². The Bertz CT molecular complexity index is 278. The average Bonchev–Trinajstić information content (AvgIpc) is 2.22. The van der Waals surface area contributed by atoms with Crippen LogP contribution in [0.5, 0.6) is 0 Å². The van der Waals surface area contributed by atoms with Crippen LogP contribution in [-0.4, -0.2) is 50.7 Å². The summed E-state index contributed by atoms with van der Waals surface area (Å²) in [6.07, 6.45) is -4.11. The third-order valence-electron chi connectivity index (χ3n) is 1.89. The van der Waals surface area contributed by atoms with Crippen LogP contribution in [0.2, 0.25) is 0 Å². The van der Waals surface area contributed by atoms with Crippen LogP contribution in [-0.2, 0) is 9.47 Å². The number of hydrogen-bond donors (Lipinski definition) is 2. The summed E-state index contributed by atoms with van der Waals surface area (Å²) in [5.41, 5.74) is -0.530. The van der Waals surface area contributed by atoms with Gasteiger partial charge in [-0.3, -0.25) is 0 Å². The molecule has 20 heavy (non-hydrogen) atoms. The van der Waals surface area contributed by atoms with E-state index in [0.717, 1.165) is 0 Å². The Labute approximate surface area is 117 Å². The lowest BCUT2D eigenvalue weighted by Gasteiger charge is -2.19. The number of rotatable bonds is 8. The van der Waals surface area contributed by atoms with Crippen LogP contribution in [0.15, 0.2) is 0 Å². The van der Waals surface area contributed by atoms with Crippen molar-refractivity contribution < 1.29 is 27.4 Å². The van der Waals surface area contributed by atoms with Crippen molar-refractivity contribution in [2.45, 2.75) is 39.0 Å². The number of nitrogens with one attached hydrogen (secondary N) is 2. The van der Waals surface area contributed by atoms with Crippen LogP contribution < -0.4 is 10.6 Å². The van der Waals surface area contributed by atoms with E-state index < -0.39 is 24.5 Å². The maximum Gasteiger partial charge on any atom is 0.411 e. The molecule has 0 aromatic heterocycles. The Morgan fingerprint density at radius 2 is 1.75 bits per heavy atom. The van der Waals surface area contributed by atoms with Gasteiger partial charge in [-0.15, -0.1) is 0 Å². The average molecular weight is 300 g/mol. The second kappa shape index (κ2) is 9.02. The maximum atomic E-state index is 11.7. The van der Waals surface area contributed by atoms with Crippen LogP contribution >= 0.6 is 0 Å². The Morgan fingerprint density at radius 3 is 2.30 bits per heavy atom. The summed E-state index contributed by atoms with van der Waals surface area (Å²) < 4.78 is 44.6. The minimum atomic E-state index is -4.28. The van der Waals surface area contributed by atoms with Crippen molar-refractivity contribution in [1.82, 2.24) is 10.6 Å². The smallest absolute Gasteiger partial charge is 0.411 e. The van der Waals surface area contributed by atoms with E-state index in [4.69, 9.17) is 4.74 Å². The lowest BCUT2D eigenvalue weighted by Crippen LogP contribution is -2.34. The predicted octanol–water partition coefficient (Wildman–Crippen LogP) is 2.07. The van der Waals surface area contributed by atoms with Crippen LogP contribution in [0, 0.1) is 0 Å². The number of halogens is 3. The zero-order valence-corrected chi connectivity index (χ0v) is 12.1. The zero-order chi connectivity index (χ0) is 15.6. The summed E-state index contributed by atoms with van der Waals surface area (Å²) in [7, 11) is 0. The number of ether oxygens (including phenoxy) is 2. The molecule has 120 valence electrons. The summed E-state index contributed by atoms with van der Waals surface area (Å²) in [5, 5.41) is 5.49. The monoisotopic (exact) mass is 300 g/mol. The molecule has 2 N–H and O–H groups in total. The largest absolute Gasteiger partial charge is 0.444 e. The van der Waals surface area contributed by atoms with Gasteiger partial charge in [0, 0.05) is 13.1 Å². The lowest BCUT2D eigenvalue weighted by molar-refractivity contribution is -0.173. The molecule has 0 fully saturated rings. The SMILES string of the molecule is CC(C)(C)OC(=O)NCCCNCCOCC(F)(F)F. The van der Waals surface area contributed by atoms with Crippen molar-refractivity contribution in [3.8, 4) is 0 Å². The van der Waals surface area contributed by atoms with Gasteiger partial charge in [0.15, 0.2) is 0 Å². The molecule has 0 aliphatic rings. The second-order valence-corrected chi connectivity index (χ2v) is 5.20. The number of carbonyl (C=O) groups is 1. The summed E-state index contributed by atoms with van der Waals surface area (Å²) in [6.45, 7) is 5.44. The van der Waals surface area contributed by atoms with E-state index in [-0.39, 0.29) is 6.61 Å². The highest BCUT2D eigenvalue weighted by Crippen LogP contribution is 2.13. The Balaban J connectivity index is 3.31. The molecule has 0 bridgehead atoms. The van der Waals surface area contributed by atoms with E-state index in [1.807, 2.05) is 0 Å². The number of alkyl carbamates (subject to hydrolysis) is 1. The van der Waals surface area contributed by atoms with Crippen LogP contribution in [0.4, 0.5) is 18.0 Å². The fraction of sp³-hybridized carbons (Fsp3) is 0.917. The molecule has 5 nitrogen and oxygen atoms in total. The van der Waals surface area contributed by atoms with E-state index in [1.165, 1.54) is 0 Å². The maximum absolute atomic E-state index is 11.7. The number of alkyl halides is 3. The highest BCUT2D eigenvalue weighted by atomic mass is 19.4. The van der Waals surface area contributed by atoms with Crippen molar-refractivity contribution in [2.75, 3.05) is 32.8 Å². The molecule has 0 aromatic carbocycles. The highest BCUT2D eigenvalue weighted by Gasteiger charge is 2.27. The quantitative estimate of drug-likeness (QED) is 0.674. The molecule has 8 heteroatoms. The molecule has 1 amide bonds. The van der Waals surface area contributed by atoms with Gasteiger partial charge in [-0.05, 0) is 33.7 Å². The standard InChI is InChI=1S/C12H23F3N2O3/c1-11(2,3)20-10(18)17-6-4-5-16-7-8-19-9-12(13,14)15/h16H,4-9H2,1-3H3,(H,17,18). The molecular weight excluding hydrogens is 277 g/mol. The molecule has 0 aliphatic heterocycles. The van der Waals surface area contributed by atoms with Gasteiger partial charge in [0.25, 0.3) is 0 Å². The van der Waals surface area contributed by atoms with Gasteiger partial charge in [-0.25, -0.2) is 4.79 Å². The molecule has 0 atom stereocenters.